The molecule has 6 aliphatic rings. The summed E-state index contributed by atoms with van der Waals surface area (Å²) in [5.74, 6) is 3.75. The molecule has 2 saturated carbocycles. The summed E-state index contributed by atoms with van der Waals surface area (Å²) >= 11 is 0. The fraction of sp³-hybridized carbons (Fsp3) is 0.591. The third-order valence-corrected chi connectivity index (χ3v) is 7.25. The molecule has 0 amide bonds. The summed E-state index contributed by atoms with van der Waals surface area (Å²) in [4.78, 5) is 19.2. The Morgan fingerprint density at radius 1 is 1.03 bits per heavy atom. The summed E-state index contributed by atoms with van der Waals surface area (Å²) < 4.78 is 11.8. The summed E-state index contributed by atoms with van der Waals surface area (Å²) in [6, 6.07) is 5.09. The molecule has 8 nitrogen and oxygen atoms in total. The predicted molar refractivity (Wildman–Crippen MR) is 113 cm³/mol. The van der Waals surface area contributed by atoms with E-state index in [1.807, 2.05) is 6.07 Å². The molecule has 8 rings (SSSR count). The van der Waals surface area contributed by atoms with Crippen molar-refractivity contribution >= 4 is 17.6 Å². The van der Waals surface area contributed by atoms with Crippen LogP contribution >= 0.6 is 0 Å². The SMILES string of the molecule is Nc1ncc(-c2cc(N3CC4CC3CO4)nc(N3CC4CC3C4)n2)cc1OC1CC1. The van der Waals surface area contributed by atoms with Gasteiger partial charge in [0.15, 0.2) is 11.6 Å². The van der Waals surface area contributed by atoms with Crippen LogP contribution in [0.25, 0.3) is 11.3 Å². The number of anilines is 3. The molecule has 0 spiro atoms. The molecule has 4 bridgehead atoms. The van der Waals surface area contributed by atoms with E-state index >= 15 is 0 Å². The van der Waals surface area contributed by atoms with Crippen LogP contribution in [0.15, 0.2) is 18.3 Å². The molecule has 6 heterocycles. The number of nitrogens with two attached hydrogens (primary N) is 1. The first-order valence-corrected chi connectivity index (χ1v) is 11.2. The summed E-state index contributed by atoms with van der Waals surface area (Å²) in [5.41, 5.74) is 7.88. The molecule has 6 fully saturated rings. The summed E-state index contributed by atoms with van der Waals surface area (Å²) in [5, 5.41) is 0. The third-order valence-electron chi connectivity index (χ3n) is 7.25. The fourth-order valence-corrected chi connectivity index (χ4v) is 5.36. The van der Waals surface area contributed by atoms with Gasteiger partial charge in [-0.15, -0.1) is 0 Å². The normalized spacial score (nSPS) is 31.3. The predicted octanol–water partition coefficient (Wildman–Crippen LogP) is 2.24. The van der Waals surface area contributed by atoms with Gasteiger partial charge in [0, 0.05) is 37.0 Å². The van der Waals surface area contributed by atoms with Crippen molar-refractivity contribution in [2.45, 2.75) is 56.4 Å². The highest BCUT2D eigenvalue weighted by molar-refractivity contribution is 5.68. The molecule has 2 aliphatic carbocycles. The maximum atomic E-state index is 6.07. The van der Waals surface area contributed by atoms with Crippen molar-refractivity contribution in [3.63, 3.8) is 0 Å². The molecule has 2 aromatic heterocycles. The minimum atomic E-state index is 0.275. The van der Waals surface area contributed by atoms with Crippen LogP contribution in [0.3, 0.4) is 0 Å². The fourth-order valence-electron chi connectivity index (χ4n) is 5.36. The summed E-state index contributed by atoms with van der Waals surface area (Å²) in [6.07, 6.45) is 8.21. The molecule has 4 aliphatic heterocycles. The minimum Gasteiger partial charge on any atom is -0.487 e. The van der Waals surface area contributed by atoms with Gasteiger partial charge in [0.25, 0.3) is 0 Å². The lowest BCUT2D eigenvalue weighted by molar-refractivity contribution is 0.0989. The van der Waals surface area contributed by atoms with Crippen LogP contribution in [-0.2, 0) is 4.74 Å². The van der Waals surface area contributed by atoms with E-state index in [9.17, 15) is 0 Å². The third kappa shape index (κ3) is 2.73. The first-order chi connectivity index (χ1) is 14.7. The van der Waals surface area contributed by atoms with Crippen molar-refractivity contribution in [3.05, 3.63) is 18.3 Å². The number of morpholine rings is 1. The molecule has 4 saturated heterocycles. The summed E-state index contributed by atoms with van der Waals surface area (Å²) in [6.45, 7) is 2.76. The van der Waals surface area contributed by atoms with Gasteiger partial charge in [0.1, 0.15) is 5.82 Å². The zero-order valence-corrected chi connectivity index (χ0v) is 16.9. The van der Waals surface area contributed by atoms with Crippen LogP contribution in [-0.4, -0.2) is 58.9 Å². The van der Waals surface area contributed by atoms with Crippen molar-refractivity contribution in [1.82, 2.24) is 15.0 Å². The second-order valence-electron chi connectivity index (χ2n) is 9.48. The Balaban J connectivity index is 1.29. The number of nitrogen functional groups attached to an aromatic ring is 1. The van der Waals surface area contributed by atoms with E-state index in [1.165, 1.54) is 12.8 Å². The molecular formula is C22H26N6O2. The van der Waals surface area contributed by atoms with Gasteiger partial charge in [-0.1, -0.05) is 0 Å². The lowest BCUT2D eigenvalue weighted by Gasteiger charge is -2.30. The van der Waals surface area contributed by atoms with Crippen LogP contribution < -0.4 is 20.3 Å². The van der Waals surface area contributed by atoms with Gasteiger partial charge < -0.3 is 25.0 Å². The number of ether oxygens (including phenoxy) is 2. The highest BCUT2D eigenvalue weighted by Gasteiger charge is 2.45. The van der Waals surface area contributed by atoms with Gasteiger partial charge in [-0.05, 0) is 44.1 Å². The van der Waals surface area contributed by atoms with Gasteiger partial charge in [-0.3, -0.25) is 0 Å². The Kier molecular flexibility index (Phi) is 3.53. The zero-order valence-electron chi connectivity index (χ0n) is 16.9. The lowest BCUT2D eigenvalue weighted by atomic mass is 9.86. The monoisotopic (exact) mass is 406 g/mol. The molecule has 0 aromatic carbocycles. The van der Waals surface area contributed by atoms with Crippen LogP contribution in [0.2, 0.25) is 0 Å². The number of pyridine rings is 1. The molecule has 2 unspecified atom stereocenters. The topological polar surface area (TPSA) is 89.6 Å². The smallest absolute Gasteiger partial charge is 0.228 e. The second kappa shape index (κ2) is 6.20. The number of rotatable bonds is 5. The number of nitrogens with zero attached hydrogens (tertiary/aromatic N) is 5. The van der Waals surface area contributed by atoms with Gasteiger partial charge in [0.2, 0.25) is 5.95 Å². The Morgan fingerprint density at radius 2 is 1.93 bits per heavy atom. The van der Waals surface area contributed by atoms with Crippen LogP contribution in [0, 0.1) is 5.92 Å². The average molecular weight is 406 g/mol. The zero-order chi connectivity index (χ0) is 19.8. The van der Waals surface area contributed by atoms with E-state index in [0.717, 1.165) is 67.9 Å². The van der Waals surface area contributed by atoms with E-state index in [0.29, 0.717) is 29.8 Å². The molecule has 30 heavy (non-hydrogen) atoms. The first-order valence-electron chi connectivity index (χ1n) is 11.2. The Hall–Kier alpha value is -2.61. The summed E-state index contributed by atoms with van der Waals surface area (Å²) in [7, 11) is 0. The van der Waals surface area contributed by atoms with Gasteiger partial charge in [-0.25, -0.2) is 9.97 Å². The number of hydrogen-bond acceptors (Lipinski definition) is 8. The Morgan fingerprint density at radius 3 is 2.63 bits per heavy atom. The van der Waals surface area contributed by atoms with E-state index in [2.05, 4.69) is 20.9 Å². The maximum absolute atomic E-state index is 6.07. The average Bonchev–Trinajstić information content (AvgIpc) is 3.14. The maximum Gasteiger partial charge on any atom is 0.228 e. The minimum absolute atomic E-state index is 0.275. The molecule has 8 heteroatoms. The molecule has 2 N–H and O–H groups in total. The van der Waals surface area contributed by atoms with Crippen molar-refractivity contribution in [3.8, 4) is 17.0 Å². The molecule has 156 valence electrons. The van der Waals surface area contributed by atoms with Crippen molar-refractivity contribution < 1.29 is 9.47 Å². The molecule has 2 aromatic rings. The van der Waals surface area contributed by atoms with Gasteiger partial charge in [-0.2, -0.15) is 4.98 Å². The lowest BCUT2D eigenvalue weighted by Crippen LogP contribution is -2.38. The van der Waals surface area contributed by atoms with Gasteiger partial charge in [0.05, 0.1) is 30.6 Å². The van der Waals surface area contributed by atoms with Crippen LogP contribution in [0.1, 0.15) is 32.1 Å². The Labute approximate surface area is 175 Å². The van der Waals surface area contributed by atoms with E-state index in [1.54, 1.807) is 6.20 Å². The second-order valence-corrected chi connectivity index (χ2v) is 9.48. The van der Waals surface area contributed by atoms with Crippen molar-refractivity contribution in [1.29, 1.82) is 0 Å². The largest absolute Gasteiger partial charge is 0.487 e. The van der Waals surface area contributed by atoms with Crippen molar-refractivity contribution in [2.24, 2.45) is 5.92 Å². The highest BCUT2D eigenvalue weighted by atomic mass is 16.5. The number of aromatic nitrogens is 3. The Bertz CT molecular complexity index is 1010. The first kappa shape index (κ1) is 17.1. The molecule has 0 radical (unpaired) electrons. The number of fused-ring (bicyclic) bond motifs is 3. The van der Waals surface area contributed by atoms with Crippen molar-refractivity contribution in [2.75, 3.05) is 35.2 Å². The number of hydrogen-bond donors (Lipinski definition) is 1. The molecular weight excluding hydrogens is 380 g/mol. The molecule has 2 atom stereocenters. The van der Waals surface area contributed by atoms with E-state index < -0.39 is 0 Å². The van der Waals surface area contributed by atoms with E-state index in [4.69, 9.17) is 25.2 Å². The van der Waals surface area contributed by atoms with E-state index in [-0.39, 0.29) is 6.10 Å². The standard InChI is InChI=1S/C22H26N6O2/c23-21-19(30-16-1-2-16)5-13(8-24-21)18-7-20(27-10-17-6-15(27)11-29-17)26-22(25-18)28-9-12-3-14(28)4-12/h5,7-8,12,14-17H,1-4,6,9-11H2,(H2,23,24). The van der Waals surface area contributed by atoms with Gasteiger partial charge >= 0.3 is 0 Å². The van der Waals surface area contributed by atoms with Crippen LogP contribution in [0.5, 0.6) is 5.75 Å². The quantitative estimate of drug-likeness (QED) is 0.809. The van der Waals surface area contributed by atoms with Crippen LogP contribution in [0.4, 0.5) is 17.6 Å². The highest BCUT2D eigenvalue weighted by Crippen LogP contribution is 2.43.